The van der Waals surface area contributed by atoms with Crippen molar-refractivity contribution in [3.63, 3.8) is 0 Å². The third kappa shape index (κ3) is 3.45. The normalized spacial score (nSPS) is 16.9. The number of halogens is 1. The van der Waals surface area contributed by atoms with Crippen molar-refractivity contribution in [3.05, 3.63) is 65.5 Å². The highest BCUT2D eigenvalue weighted by Crippen LogP contribution is 2.22. The first-order valence-electron chi connectivity index (χ1n) is 7.98. The molecular weight excluding hydrogens is 307 g/mol. The van der Waals surface area contributed by atoms with Crippen LogP contribution in [0.25, 0.3) is 0 Å². The number of aryl methyl sites for hydroxylation is 1. The molecule has 124 valence electrons. The minimum atomic E-state index is -0.526. The minimum absolute atomic E-state index is 0.146. The van der Waals surface area contributed by atoms with Gasteiger partial charge in [-0.3, -0.25) is 9.59 Å². The molecule has 0 unspecified atom stereocenters. The smallest absolute Gasteiger partial charge is 0.254 e. The summed E-state index contributed by atoms with van der Waals surface area (Å²) < 4.78 is 13.2. The third-order valence-electron chi connectivity index (χ3n) is 4.21. The number of amides is 2. The van der Waals surface area contributed by atoms with Gasteiger partial charge in [0.2, 0.25) is 5.91 Å². The Balaban J connectivity index is 1.73. The quantitative estimate of drug-likeness (QED) is 0.940. The van der Waals surface area contributed by atoms with Gasteiger partial charge < -0.3 is 10.2 Å². The molecule has 5 heteroatoms. The van der Waals surface area contributed by atoms with Crippen LogP contribution in [0.5, 0.6) is 0 Å². The first-order valence-corrected chi connectivity index (χ1v) is 7.98. The number of anilines is 1. The predicted molar refractivity (Wildman–Crippen MR) is 90.3 cm³/mol. The lowest BCUT2D eigenvalue weighted by Gasteiger charge is -2.24. The second kappa shape index (κ2) is 6.83. The molecule has 0 spiro atoms. The Labute approximate surface area is 140 Å². The molecule has 1 fully saturated rings. The van der Waals surface area contributed by atoms with Crippen LogP contribution in [0.2, 0.25) is 0 Å². The van der Waals surface area contributed by atoms with Crippen LogP contribution in [0, 0.1) is 12.7 Å². The topological polar surface area (TPSA) is 49.4 Å². The van der Waals surface area contributed by atoms with Gasteiger partial charge in [-0.25, -0.2) is 4.39 Å². The maximum Gasteiger partial charge on any atom is 0.254 e. The molecule has 0 radical (unpaired) electrons. The van der Waals surface area contributed by atoms with Crippen molar-refractivity contribution in [1.82, 2.24) is 4.90 Å². The summed E-state index contributed by atoms with van der Waals surface area (Å²) in [5.74, 6) is -0.836. The molecule has 1 aliphatic heterocycles. The van der Waals surface area contributed by atoms with Crippen LogP contribution in [0.3, 0.4) is 0 Å². The van der Waals surface area contributed by atoms with Gasteiger partial charge in [0.1, 0.15) is 11.9 Å². The molecule has 1 aliphatic rings. The van der Waals surface area contributed by atoms with Gasteiger partial charge >= 0.3 is 0 Å². The van der Waals surface area contributed by atoms with Gasteiger partial charge in [0, 0.05) is 17.8 Å². The summed E-state index contributed by atoms with van der Waals surface area (Å²) >= 11 is 0. The van der Waals surface area contributed by atoms with E-state index < -0.39 is 11.9 Å². The van der Waals surface area contributed by atoms with Crippen LogP contribution < -0.4 is 5.32 Å². The van der Waals surface area contributed by atoms with Crippen molar-refractivity contribution in [1.29, 1.82) is 0 Å². The van der Waals surface area contributed by atoms with Gasteiger partial charge in [-0.05, 0) is 50.1 Å². The molecule has 1 atom stereocenters. The van der Waals surface area contributed by atoms with Crippen molar-refractivity contribution in [2.24, 2.45) is 0 Å². The highest BCUT2D eigenvalue weighted by Gasteiger charge is 2.34. The largest absolute Gasteiger partial charge is 0.327 e. The van der Waals surface area contributed by atoms with Gasteiger partial charge in [0.25, 0.3) is 5.91 Å². The number of likely N-dealkylation sites (tertiary alicyclic amines) is 1. The highest BCUT2D eigenvalue weighted by molar-refractivity contribution is 6.01. The fourth-order valence-electron chi connectivity index (χ4n) is 2.94. The molecule has 4 nitrogen and oxygen atoms in total. The molecule has 0 bridgehead atoms. The lowest BCUT2D eigenvalue weighted by atomic mass is 10.1. The molecule has 1 heterocycles. The third-order valence-corrected chi connectivity index (χ3v) is 4.21. The number of hydrogen-bond acceptors (Lipinski definition) is 2. The molecule has 3 rings (SSSR count). The van der Waals surface area contributed by atoms with E-state index in [1.165, 1.54) is 18.2 Å². The van der Waals surface area contributed by atoms with E-state index in [2.05, 4.69) is 5.32 Å². The second-order valence-corrected chi connectivity index (χ2v) is 6.02. The number of benzene rings is 2. The van der Waals surface area contributed by atoms with Crippen LogP contribution in [-0.2, 0) is 4.79 Å². The van der Waals surface area contributed by atoms with Crippen LogP contribution in [0.4, 0.5) is 10.1 Å². The lowest BCUT2D eigenvalue weighted by Crippen LogP contribution is -2.43. The number of rotatable bonds is 3. The molecular formula is C19H19FN2O2. The molecule has 24 heavy (non-hydrogen) atoms. The van der Waals surface area contributed by atoms with Crippen LogP contribution >= 0.6 is 0 Å². The van der Waals surface area contributed by atoms with E-state index in [4.69, 9.17) is 0 Å². The number of carbonyl (C=O) groups is 2. The summed E-state index contributed by atoms with van der Waals surface area (Å²) in [7, 11) is 0. The van der Waals surface area contributed by atoms with Crippen LogP contribution in [-0.4, -0.2) is 29.3 Å². The molecule has 2 aromatic rings. The average molecular weight is 326 g/mol. The van der Waals surface area contributed by atoms with E-state index >= 15 is 0 Å². The number of hydrogen-bond donors (Lipinski definition) is 1. The van der Waals surface area contributed by atoms with Gasteiger partial charge in [0.05, 0.1) is 0 Å². The number of nitrogens with zero attached hydrogens (tertiary/aromatic N) is 1. The Morgan fingerprint density at radius 2 is 1.92 bits per heavy atom. The van der Waals surface area contributed by atoms with Gasteiger partial charge in [-0.2, -0.15) is 0 Å². The Morgan fingerprint density at radius 3 is 2.62 bits per heavy atom. The average Bonchev–Trinajstić information content (AvgIpc) is 3.04. The first kappa shape index (κ1) is 16.2. The van der Waals surface area contributed by atoms with Crippen molar-refractivity contribution in [2.45, 2.75) is 25.8 Å². The van der Waals surface area contributed by atoms with Crippen molar-refractivity contribution >= 4 is 17.5 Å². The predicted octanol–water partition coefficient (Wildman–Crippen LogP) is 3.38. The second-order valence-electron chi connectivity index (χ2n) is 6.02. The molecule has 1 N–H and O–H groups in total. The summed E-state index contributed by atoms with van der Waals surface area (Å²) in [6, 6.07) is 12.5. The van der Waals surface area contributed by atoms with Crippen molar-refractivity contribution in [3.8, 4) is 0 Å². The number of carbonyl (C=O) groups excluding carboxylic acids is 2. The van der Waals surface area contributed by atoms with Gasteiger partial charge in [-0.15, -0.1) is 0 Å². The first-order chi connectivity index (χ1) is 11.5. The van der Waals surface area contributed by atoms with E-state index in [0.717, 1.165) is 12.0 Å². The van der Waals surface area contributed by atoms with E-state index in [-0.39, 0.29) is 11.8 Å². The standard InChI is InChI=1S/C19H19FN2O2/c1-13-7-9-14(10-8-13)19(24)22-11-3-6-17(22)18(23)21-16-5-2-4-15(20)12-16/h2,4-5,7-10,12,17H,3,6,11H2,1H3,(H,21,23)/t17-/m0/s1. The zero-order chi connectivity index (χ0) is 17.1. The molecule has 1 saturated heterocycles. The summed E-state index contributed by atoms with van der Waals surface area (Å²) in [6.07, 6.45) is 1.39. The lowest BCUT2D eigenvalue weighted by molar-refractivity contribution is -0.119. The van der Waals surface area contributed by atoms with E-state index in [1.807, 2.05) is 19.1 Å². The van der Waals surface area contributed by atoms with Crippen molar-refractivity contribution in [2.75, 3.05) is 11.9 Å². The maximum atomic E-state index is 13.2. The Kier molecular flexibility index (Phi) is 4.60. The Bertz CT molecular complexity index is 758. The van der Waals surface area contributed by atoms with Crippen molar-refractivity contribution < 1.29 is 14.0 Å². The summed E-state index contributed by atoms with van der Waals surface area (Å²) in [4.78, 5) is 26.8. The minimum Gasteiger partial charge on any atom is -0.327 e. The summed E-state index contributed by atoms with van der Waals surface area (Å²) in [5, 5.41) is 2.70. The monoisotopic (exact) mass is 326 g/mol. The molecule has 0 aromatic heterocycles. The zero-order valence-electron chi connectivity index (χ0n) is 13.5. The van der Waals surface area contributed by atoms with Crippen LogP contribution in [0.15, 0.2) is 48.5 Å². The number of nitrogens with one attached hydrogen (secondary N) is 1. The Hall–Kier alpha value is -2.69. The molecule has 2 aromatic carbocycles. The molecule has 2 amide bonds. The maximum absolute atomic E-state index is 13.2. The molecule has 0 aliphatic carbocycles. The molecule has 0 saturated carbocycles. The highest BCUT2D eigenvalue weighted by atomic mass is 19.1. The van der Waals surface area contributed by atoms with Gasteiger partial charge in [-0.1, -0.05) is 23.8 Å². The summed E-state index contributed by atoms with van der Waals surface area (Å²) in [6.45, 7) is 2.51. The van der Waals surface area contributed by atoms with Gasteiger partial charge in [0.15, 0.2) is 0 Å². The zero-order valence-corrected chi connectivity index (χ0v) is 13.5. The van der Waals surface area contributed by atoms with Crippen LogP contribution in [0.1, 0.15) is 28.8 Å². The Morgan fingerprint density at radius 1 is 1.17 bits per heavy atom. The van der Waals surface area contributed by atoms with E-state index in [1.54, 1.807) is 23.1 Å². The van der Waals surface area contributed by atoms with E-state index in [9.17, 15) is 14.0 Å². The fraction of sp³-hybridized carbons (Fsp3) is 0.263. The van der Waals surface area contributed by atoms with E-state index in [0.29, 0.717) is 24.2 Å². The fourth-order valence-corrected chi connectivity index (χ4v) is 2.94. The summed E-state index contributed by atoms with van der Waals surface area (Å²) in [5.41, 5.74) is 2.05. The SMILES string of the molecule is Cc1ccc(C(=O)N2CCC[C@H]2C(=O)Nc2cccc(F)c2)cc1.